The van der Waals surface area contributed by atoms with Gasteiger partial charge in [-0.3, -0.25) is 0 Å². The second kappa shape index (κ2) is 10.8. The Morgan fingerprint density at radius 2 is 1.09 bits per heavy atom. The van der Waals surface area contributed by atoms with E-state index >= 15 is 0 Å². The van der Waals surface area contributed by atoms with Crippen molar-refractivity contribution in [1.29, 1.82) is 0 Å². The number of para-hydroxylation sites is 1. The Labute approximate surface area is 288 Å². The molecule has 9 rings (SSSR count). The maximum Gasteiger partial charge on any atom is 0.137 e. The lowest BCUT2D eigenvalue weighted by Gasteiger charge is -2.27. The second-order valence-corrected chi connectivity index (χ2v) is 10.6. The van der Waals surface area contributed by atoms with Crippen LogP contribution in [0.5, 0.6) is 0 Å². The maximum atomic E-state index is 9.65. The number of anilines is 3. The molecule has 0 aliphatic rings. The van der Waals surface area contributed by atoms with Gasteiger partial charge in [-0.15, -0.1) is 0 Å². The topological polar surface area (TPSA) is 16.4 Å². The van der Waals surface area contributed by atoms with Crippen LogP contribution in [-0.4, -0.2) is 0 Å². The van der Waals surface area contributed by atoms with Gasteiger partial charge in [0.15, 0.2) is 0 Å². The molecule has 0 aliphatic carbocycles. The lowest BCUT2D eigenvalue weighted by molar-refractivity contribution is 0.669. The van der Waals surface area contributed by atoms with Crippen LogP contribution < -0.4 is 4.90 Å². The molecule has 2 heteroatoms. The Kier molecular flexibility index (Phi) is 3.58. The van der Waals surface area contributed by atoms with Crippen molar-refractivity contribution < 1.29 is 25.0 Å². The molecule has 0 amide bonds. The summed E-state index contributed by atoms with van der Waals surface area (Å²) in [6, 6.07) is 14.6. The van der Waals surface area contributed by atoms with Gasteiger partial charge in [-0.05, 0) is 86.8 Å². The van der Waals surface area contributed by atoms with Crippen LogP contribution in [0.4, 0.5) is 17.1 Å². The minimum Gasteiger partial charge on any atom is -0.456 e. The van der Waals surface area contributed by atoms with Gasteiger partial charge in [0.2, 0.25) is 0 Å². The Balaban J connectivity index is 1.42. The van der Waals surface area contributed by atoms with Gasteiger partial charge in [0.05, 0.1) is 26.2 Å². The van der Waals surface area contributed by atoms with E-state index in [0.29, 0.717) is 27.9 Å². The fraction of sp³-hybridized carbons (Fsp3) is 0. The largest absolute Gasteiger partial charge is 0.456 e. The highest BCUT2D eigenvalue weighted by molar-refractivity contribution is 6.07. The first kappa shape index (κ1) is 15.2. The molecule has 8 aromatic carbocycles. The number of fused-ring (bicyclic) bond motifs is 5. The summed E-state index contributed by atoms with van der Waals surface area (Å²) in [6.07, 6.45) is 0. The first-order valence-electron chi connectivity index (χ1n) is 22.0. The molecule has 1 heterocycles. The van der Waals surface area contributed by atoms with Crippen molar-refractivity contribution in [2.75, 3.05) is 4.90 Å². The fourth-order valence-corrected chi connectivity index (χ4v) is 5.81. The van der Waals surface area contributed by atoms with Crippen molar-refractivity contribution in [2.24, 2.45) is 0 Å². The SMILES string of the molecule is [2H]c1c([2H])c([2H])c(-c2c(-c3c([2H])c([2H])c(N(c4ccc5c(c4)oc4ccccc45)c4cccc5ccccc45)c([2H])c3[2H])c([2H])c3c([2H])c([2H])c([2H])c([2H])c3c2[2H])c([2H])c1[2H]. The van der Waals surface area contributed by atoms with E-state index in [4.69, 9.17) is 16.8 Å². The van der Waals surface area contributed by atoms with Crippen LogP contribution in [0.15, 0.2) is 180 Å². The molecule has 0 fully saturated rings. The van der Waals surface area contributed by atoms with E-state index < -0.39 is 124 Å². The van der Waals surface area contributed by atoms with Crippen molar-refractivity contribution in [2.45, 2.75) is 0 Å². The zero-order chi connectivity index (χ0) is 43.5. The lowest BCUT2D eigenvalue weighted by Crippen LogP contribution is -2.10. The Bertz CT molecular complexity index is 3340. The Morgan fingerprint density at radius 1 is 0.457 bits per heavy atom. The van der Waals surface area contributed by atoms with Crippen molar-refractivity contribution in [3.63, 3.8) is 0 Å². The molecular weight excluding hydrogens is 558 g/mol. The van der Waals surface area contributed by atoms with Crippen LogP contribution in [0.1, 0.15) is 20.6 Å². The average Bonchev–Trinajstić information content (AvgIpc) is 3.64. The van der Waals surface area contributed by atoms with E-state index in [-0.39, 0.29) is 5.69 Å². The molecule has 0 unspecified atom stereocenters. The van der Waals surface area contributed by atoms with Gasteiger partial charge in [0, 0.05) is 33.6 Å². The minimum absolute atomic E-state index is 0.213. The quantitative estimate of drug-likeness (QED) is 0.195. The van der Waals surface area contributed by atoms with E-state index in [0.717, 1.165) is 16.2 Å². The van der Waals surface area contributed by atoms with Gasteiger partial charge < -0.3 is 9.32 Å². The molecule has 216 valence electrons. The molecule has 0 saturated heterocycles. The van der Waals surface area contributed by atoms with Crippen molar-refractivity contribution >= 4 is 60.5 Å². The van der Waals surface area contributed by atoms with Gasteiger partial charge in [0.25, 0.3) is 0 Å². The highest BCUT2D eigenvalue weighted by Gasteiger charge is 2.18. The van der Waals surface area contributed by atoms with Crippen LogP contribution >= 0.6 is 0 Å². The van der Waals surface area contributed by atoms with Crippen LogP contribution in [0, 0.1) is 0 Å². The molecule has 0 radical (unpaired) electrons. The van der Waals surface area contributed by atoms with Crippen molar-refractivity contribution in [3.8, 4) is 22.3 Å². The third kappa shape index (κ3) is 4.43. The zero-order valence-corrected chi connectivity index (χ0v) is 23.9. The molecule has 0 saturated carbocycles. The summed E-state index contributed by atoms with van der Waals surface area (Å²) < 4.78 is 141. The summed E-state index contributed by atoms with van der Waals surface area (Å²) in [5.41, 5.74) is -0.567. The number of hydrogen-bond donors (Lipinski definition) is 0. The highest BCUT2D eigenvalue weighted by Crippen LogP contribution is 2.43. The third-order valence-electron chi connectivity index (χ3n) is 7.90. The average molecular weight is 603 g/mol. The lowest BCUT2D eigenvalue weighted by atomic mass is 9.91. The summed E-state index contributed by atoms with van der Waals surface area (Å²) in [5.74, 6) is 0. The van der Waals surface area contributed by atoms with Gasteiger partial charge in [0.1, 0.15) is 11.2 Å². The number of nitrogens with zero attached hydrogens (tertiary/aromatic N) is 1. The highest BCUT2D eigenvalue weighted by atomic mass is 16.3. The summed E-state index contributed by atoms with van der Waals surface area (Å²) in [6.45, 7) is 0. The van der Waals surface area contributed by atoms with E-state index in [2.05, 4.69) is 0 Å². The number of benzene rings is 8. The van der Waals surface area contributed by atoms with Gasteiger partial charge in [-0.1, -0.05) is 121 Å². The first-order chi connectivity index (χ1) is 29.1. The normalized spacial score (nSPS) is 16.0. The van der Waals surface area contributed by atoms with E-state index in [1.165, 1.54) is 0 Å². The van der Waals surface area contributed by atoms with E-state index in [9.17, 15) is 8.22 Å². The molecule has 2 nitrogen and oxygen atoms in total. The maximum absolute atomic E-state index is 9.65. The fourth-order valence-electron chi connectivity index (χ4n) is 5.81. The standard InChI is InChI=1S/C44H29NO/c1-2-11-31(12-3-1)40-27-33-14-4-5-15-34(33)28-41(40)32-21-23-35(24-22-32)45(42-19-10-16-30-13-6-7-17-37(30)42)36-25-26-39-38-18-8-9-20-43(38)46-44(39)29-36/h1-29H/i1D,2D,3D,4D,5D,11D,12D,14D,15D,21D,22D,23D,24D,27D,28D. The van der Waals surface area contributed by atoms with Gasteiger partial charge in [-0.25, -0.2) is 0 Å². The molecule has 46 heavy (non-hydrogen) atoms. The Hall–Kier alpha value is -6.12. The van der Waals surface area contributed by atoms with Gasteiger partial charge >= 0.3 is 0 Å². The summed E-state index contributed by atoms with van der Waals surface area (Å²) in [4.78, 5) is 1.57. The minimum atomic E-state index is -0.810. The van der Waals surface area contributed by atoms with Gasteiger partial charge in [-0.2, -0.15) is 0 Å². The predicted octanol–water partition coefficient (Wildman–Crippen LogP) is 12.7. The molecular formula is C44H29NO. The molecule has 1 aromatic heterocycles. The molecule has 0 bridgehead atoms. The molecule has 0 atom stereocenters. The molecule has 0 spiro atoms. The van der Waals surface area contributed by atoms with E-state index in [1.54, 1.807) is 29.2 Å². The van der Waals surface area contributed by atoms with Crippen molar-refractivity contribution in [1.82, 2.24) is 0 Å². The van der Waals surface area contributed by atoms with E-state index in [1.807, 2.05) is 60.7 Å². The number of furan rings is 1. The third-order valence-corrected chi connectivity index (χ3v) is 7.90. The number of rotatable bonds is 5. The molecule has 0 N–H and O–H groups in total. The van der Waals surface area contributed by atoms with Crippen LogP contribution in [0.2, 0.25) is 0 Å². The first-order valence-corrected chi connectivity index (χ1v) is 14.5. The second-order valence-electron chi connectivity index (χ2n) is 10.6. The van der Waals surface area contributed by atoms with Crippen molar-refractivity contribution in [3.05, 3.63) is 176 Å². The predicted molar refractivity (Wildman–Crippen MR) is 194 cm³/mol. The summed E-state index contributed by atoms with van der Waals surface area (Å²) in [7, 11) is 0. The molecule has 9 aromatic rings. The molecule has 0 aliphatic heterocycles. The smallest absolute Gasteiger partial charge is 0.137 e. The van der Waals surface area contributed by atoms with Crippen LogP contribution in [0.25, 0.3) is 65.7 Å². The monoisotopic (exact) mass is 602 g/mol. The summed E-state index contributed by atoms with van der Waals surface area (Å²) >= 11 is 0. The number of hydrogen-bond acceptors (Lipinski definition) is 2. The Morgan fingerprint density at radius 3 is 1.87 bits per heavy atom. The zero-order valence-electron chi connectivity index (χ0n) is 38.9. The van der Waals surface area contributed by atoms with Crippen LogP contribution in [-0.2, 0) is 0 Å². The van der Waals surface area contributed by atoms with Crippen LogP contribution in [0.3, 0.4) is 0 Å². The summed E-state index contributed by atoms with van der Waals surface area (Å²) in [5, 5.41) is 2.21.